The van der Waals surface area contributed by atoms with E-state index in [0.29, 0.717) is 0 Å². The second kappa shape index (κ2) is 11.1. The van der Waals surface area contributed by atoms with Crippen LogP contribution in [-0.2, 0) is 23.4 Å². The molecule has 1 aliphatic heterocycles. The number of para-hydroxylation sites is 1. The molecule has 2 heterocycles. The Morgan fingerprint density at radius 3 is 2.56 bits per heavy atom. The van der Waals surface area contributed by atoms with Gasteiger partial charge in [-0.05, 0) is 39.8 Å². The van der Waals surface area contributed by atoms with Crippen molar-refractivity contribution in [1.82, 2.24) is 10.1 Å². The fourth-order valence-corrected chi connectivity index (χ4v) is 5.01. The molecule has 6 atom stereocenters. The Morgan fingerprint density at radius 1 is 1.28 bits per heavy atom. The van der Waals surface area contributed by atoms with Crippen molar-refractivity contribution in [1.29, 1.82) is 0 Å². The number of aromatic amines is 1. The predicted molar refractivity (Wildman–Crippen MR) is 124 cm³/mol. The largest absolute Gasteiger partial charge is 0.462 e. The number of nitrogens with one attached hydrogen (secondary N) is 2. The fraction of sp³-hybridized carbons (Fsp3) is 0.500. The molecule has 0 saturated carbocycles. The molecule has 0 spiro atoms. The Morgan fingerprint density at radius 2 is 1.94 bits per heavy atom. The smallest absolute Gasteiger partial charge is 0.459 e. The minimum Gasteiger partial charge on any atom is -0.462 e. The first-order valence-corrected chi connectivity index (χ1v) is 12.7. The lowest BCUT2D eigenvalue weighted by atomic mass is 9.96. The Bertz CT molecular complexity index is 1160. The van der Waals surface area contributed by atoms with Gasteiger partial charge in [-0.25, -0.2) is 9.36 Å². The zero-order valence-corrected chi connectivity index (χ0v) is 21.1. The van der Waals surface area contributed by atoms with Gasteiger partial charge in [0.1, 0.15) is 30.2 Å². The highest BCUT2D eigenvalue weighted by atomic mass is 31.2. The quantitative estimate of drug-likeness (QED) is 0.165. The summed E-state index contributed by atoms with van der Waals surface area (Å²) in [5.74, 6) is -0.500. The molecule has 1 saturated heterocycles. The maximum atomic E-state index is 13.6. The van der Waals surface area contributed by atoms with Gasteiger partial charge in [0, 0.05) is 0 Å². The van der Waals surface area contributed by atoms with Crippen molar-refractivity contribution in [3.8, 4) is 11.8 Å². The molecular weight excluding hydrogens is 497 g/mol. The number of aromatic nitrogens is 2. The Hall–Kier alpha value is -2.80. The molecule has 2 aromatic rings. The van der Waals surface area contributed by atoms with Gasteiger partial charge in [-0.15, -0.1) is 0 Å². The lowest BCUT2D eigenvalue weighted by Gasteiger charge is -2.26. The van der Waals surface area contributed by atoms with Crippen LogP contribution in [0.4, 0.5) is 0 Å². The van der Waals surface area contributed by atoms with Crippen LogP contribution in [0.3, 0.4) is 0 Å². The van der Waals surface area contributed by atoms with E-state index < -0.39 is 68.1 Å². The van der Waals surface area contributed by atoms with E-state index in [-0.39, 0.29) is 5.75 Å². The number of nitrogens with zero attached hydrogens (tertiary/aromatic N) is 1. The summed E-state index contributed by atoms with van der Waals surface area (Å²) in [4.78, 5) is 25.8. The molecule has 3 rings (SSSR count). The molecule has 1 aromatic heterocycles. The third kappa shape index (κ3) is 6.49. The van der Waals surface area contributed by atoms with E-state index in [1.54, 1.807) is 32.0 Å². The van der Waals surface area contributed by atoms with Crippen LogP contribution in [0.1, 0.15) is 33.9 Å². The zero-order chi connectivity index (χ0) is 26.7. The number of aromatic hydroxyl groups is 1. The van der Waals surface area contributed by atoms with Crippen LogP contribution >= 0.6 is 7.75 Å². The van der Waals surface area contributed by atoms with Crippen molar-refractivity contribution < 1.29 is 47.8 Å². The van der Waals surface area contributed by atoms with Crippen LogP contribution in [0.2, 0.25) is 0 Å². The SMILES string of the molecule is CC(C)OC(=O)[C@H](C)N[P@](=O)(OC[C@H]1O[C@@H]([n+]2ccc(=O)[nH]c2O)[C@@](C)(O)[C@@H]1O)Oc1ccccc1. The second-order valence-electron chi connectivity index (χ2n) is 8.77. The number of benzene rings is 1. The van der Waals surface area contributed by atoms with Crippen molar-refractivity contribution in [2.45, 2.75) is 63.9 Å². The summed E-state index contributed by atoms with van der Waals surface area (Å²) in [6.45, 7) is 5.48. The Labute approximate surface area is 207 Å². The number of aliphatic hydroxyl groups is 2. The van der Waals surface area contributed by atoms with Gasteiger partial charge in [-0.3, -0.25) is 9.32 Å². The molecule has 36 heavy (non-hydrogen) atoms. The molecule has 0 amide bonds. The molecule has 14 heteroatoms. The molecule has 198 valence electrons. The first kappa shape index (κ1) is 27.8. The molecule has 0 radical (unpaired) electrons. The molecule has 13 nitrogen and oxygen atoms in total. The third-order valence-corrected chi connectivity index (χ3v) is 6.95. The summed E-state index contributed by atoms with van der Waals surface area (Å²) in [5, 5.41) is 34.2. The van der Waals surface area contributed by atoms with Gasteiger partial charge in [0.15, 0.2) is 5.60 Å². The number of carbonyl (C=O) groups is 1. The number of rotatable bonds is 10. The molecule has 0 bridgehead atoms. The molecule has 5 N–H and O–H groups in total. The lowest BCUT2D eigenvalue weighted by molar-refractivity contribution is -0.778. The van der Waals surface area contributed by atoms with Gasteiger partial charge in [-0.2, -0.15) is 14.6 Å². The maximum Gasteiger partial charge on any atom is 0.459 e. The summed E-state index contributed by atoms with van der Waals surface area (Å²) < 4.78 is 36.5. The zero-order valence-electron chi connectivity index (χ0n) is 20.2. The topological polar surface area (TPSA) is 181 Å². The Balaban J connectivity index is 1.79. The van der Waals surface area contributed by atoms with E-state index in [1.165, 1.54) is 32.2 Å². The highest BCUT2D eigenvalue weighted by Gasteiger charge is 2.56. The summed E-state index contributed by atoms with van der Waals surface area (Å²) in [6, 6.07) is 7.49. The average Bonchev–Trinajstić information content (AvgIpc) is 3.01. The summed E-state index contributed by atoms with van der Waals surface area (Å²) in [7, 11) is -4.25. The first-order chi connectivity index (χ1) is 16.8. The van der Waals surface area contributed by atoms with Crippen LogP contribution < -0.4 is 19.7 Å². The minimum atomic E-state index is -4.25. The molecule has 1 aliphatic rings. The number of ether oxygens (including phenoxy) is 2. The normalized spacial score (nSPS) is 26.4. The highest BCUT2D eigenvalue weighted by molar-refractivity contribution is 7.52. The summed E-state index contributed by atoms with van der Waals surface area (Å²) in [6.07, 6.45) is -3.36. The van der Waals surface area contributed by atoms with Gasteiger partial charge in [-0.1, -0.05) is 18.2 Å². The number of hydrogen-bond donors (Lipinski definition) is 5. The molecule has 1 fully saturated rings. The number of carbonyl (C=O) groups excluding carboxylic acids is 1. The van der Waals surface area contributed by atoms with E-state index >= 15 is 0 Å². The van der Waals surface area contributed by atoms with Crippen LogP contribution in [0.15, 0.2) is 47.4 Å². The van der Waals surface area contributed by atoms with Crippen LogP contribution in [0.25, 0.3) is 0 Å². The van der Waals surface area contributed by atoms with E-state index in [2.05, 4.69) is 10.1 Å². The van der Waals surface area contributed by atoms with Crippen molar-refractivity contribution in [2.75, 3.05) is 6.61 Å². The van der Waals surface area contributed by atoms with E-state index in [4.69, 9.17) is 18.5 Å². The predicted octanol–water partition coefficient (Wildman–Crippen LogP) is 0.511. The monoisotopic (exact) mass is 528 g/mol. The maximum absolute atomic E-state index is 13.6. The summed E-state index contributed by atoms with van der Waals surface area (Å²) >= 11 is 0. The van der Waals surface area contributed by atoms with E-state index in [9.17, 15) is 29.5 Å². The fourth-order valence-electron chi connectivity index (χ4n) is 3.51. The molecule has 0 aliphatic carbocycles. The number of aliphatic hydroxyl groups excluding tert-OH is 1. The van der Waals surface area contributed by atoms with Crippen molar-refractivity contribution >= 4 is 13.7 Å². The highest BCUT2D eigenvalue weighted by Crippen LogP contribution is 2.46. The standard InChI is InChI=1S/C22H30N3O10P/c1-13(2)33-19(28)14(3)24-36(31,35-15-8-6-5-7-9-15)32-12-16-18(27)22(4,30)20(34-16)25-11-10-17(26)23-21(25)29/h5-11,13-14,16,18,20,27,30H,12H2,1-4H3,(H2,23,24,26,29,31)/p+1/t14-,16+,18+,20+,22-,36-/m0/s1. The van der Waals surface area contributed by atoms with Crippen LogP contribution in [0, 0.1) is 0 Å². The minimum absolute atomic E-state index is 0.184. The number of esters is 1. The van der Waals surface area contributed by atoms with Gasteiger partial charge < -0.3 is 29.3 Å². The third-order valence-electron chi connectivity index (χ3n) is 5.31. The van der Waals surface area contributed by atoms with Crippen molar-refractivity contribution in [3.63, 3.8) is 0 Å². The van der Waals surface area contributed by atoms with Gasteiger partial charge >= 0.3 is 25.3 Å². The number of H-pyrrole nitrogens is 1. The number of hydrogen-bond acceptors (Lipinski definition) is 10. The van der Waals surface area contributed by atoms with E-state index in [1.807, 2.05) is 0 Å². The molecule has 1 aromatic carbocycles. The summed E-state index contributed by atoms with van der Waals surface area (Å²) in [5.41, 5.74) is -2.53. The molecular formula is C22H31N3O10P+. The Kier molecular flexibility index (Phi) is 8.55. The van der Waals surface area contributed by atoms with Crippen LogP contribution in [-0.4, -0.2) is 62.8 Å². The van der Waals surface area contributed by atoms with Crippen molar-refractivity contribution in [3.05, 3.63) is 52.9 Å². The van der Waals surface area contributed by atoms with Gasteiger partial charge in [0.25, 0.3) is 0 Å². The van der Waals surface area contributed by atoms with Gasteiger partial charge in [0.2, 0.25) is 6.23 Å². The average molecular weight is 528 g/mol. The van der Waals surface area contributed by atoms with Crippen molar-refractivity contribution in [2.24, 2.45) is 0 Å². The van der Waals surface area contributed by atoms with Crippen LogP contribution in [0.5, 0.6) is 11.8 Å². The van der Waals surface area contributed by atoms with Gasteiger partial charge in [0.05, 0.1) is 18.8 Å². The molecule has 0 unspecified atom stereocenters. The first-order valence-electron chi connectivity index (χ1n) is 11.2. The van der Waals surface area contributed by atoms with E-state index in [0.717, 1.165) is 10.6 Å². The lowest BCUT2D eigenvalue weighted by Crippen LogP contribution is -2.54. The second-order valence-corrected chi connectivity index (χ2v) is 10.5.